The van der Waals surface area contributed by atoms with Crippen molar-refractivity contribution in [1.29, 1.82) is 0 Å². The molecule has 2 rings (SSSR count). The Balaban J connectivity index is 2.21. The molecule has 3 heteroatoms. The van der Waals surface area contributed by atoms with Gasteiger partial charge in [0.25, 0.3) is 0 Å². The maximum atomic E-state index is 14.1. The van der Waals surface area contributed by atoms with Crippen molar-refractivity contribution in [2.45, 2.75) is 39.2 Å². The van der Waals surface area contributed by atoms with E-state index in [1.54, 1.807) is 6.07 Å². The van der Waals surface area contributed by atoms with E-state index in [2.05, 4.69) is 11.8 Å². The monoisotopic (exact) mass is 264 g/mol. The smallest absolute Gasteiger partial charge is 0.128 e. The van der Waals surface area contributed by atoms with Crippen LogP contribution in [0.1, 0.15) is 43.4 Å². The first-order valence-corrected chi connectivity index (χ1v) is 7.32. The van der Waals surface area contributed by atoms with Gasteiger partial charge in [-0.05, 0) is 51.3 Å². The SMILES string of the molecule is Cc1ccc(F)c(C(CN)N2CCCC(C)CC2)c1. The number of aryl methyl sites for hydroxylation is 1. The molecule has 0 radical (unpaired) electrons. The average Bonchev–Trinajstić information content (AvgIpc) is 2.60. The minimum Gasteiger partial charge on any atom is -0.329 e. The molecule has 2 nitrogen and oxygen atoms in total. The van der Waals surface area contributed by atoms with Gasteiger partial charge in [0.1, 0.15) is 5.82 Å². The fourth-order valence-electron chi connectivity index (χ4n) is 2.99. The zero-order valence-corrected chi connectivity index (χ0v) is 12.0. The highest BCUT2D eigenvalue weighted by molar-refractivity contribution is 5.27. The van der Waals surface area contributed by atoms with E-state index in [-0.39, 0.29) is 11.9 Å². The third-order valence-electron chi connectivity index (χ3n) is 4.23. The van der Waals surface area contributed by atoms with Crippen molar-refractivity contribution in [1.82, 2.24) is 4.90 Å². The topological polar surface area (TPSA) is 29.3 Å². The Bertz CT molecular complexity index is 419. The van der Waals surface area contributed by atoms with Gasteiger partial charge in [0, 0.05) is 18.2 Å². The Morgan fingerprint density at radius 3 is 2.89 bits per heavy atom. The number of likely N-dealkylation sites (tertiary alicyclic amines) is 1. The Hall–Kier alpha value is -0.930. The lowest BCUT2D eigenvalue weighted by Gasteiger charge is -2.30. The van der Waals surface area contributed by atoms with E-state index in [9.17, 15) is 4.39 Å². The van der Waals surface area contributed by atoms with Crippen LogP contribution in [0.5, 0.6) is 0 Å². The average molecular weight is 264 g/mol. The van der Waals surface area contributed by atoms with Crippen LogP contribution < -0.4 is 5.73 Å². The van der Waals surface area contributed by atoms with Crippen LogP contribution in [0.3, 0.4) is 0 Å². The van der Waals surface area contributed by atoms with Crippen LogP contribution in [0, 0.1) is 18.7 Å². The largest absolute Gasteiger partial charge is 0.329 e. The number of hydrogen-bond acceptors (Lipinski definition) is 2. The molecule has 2 unspecified atom stereocenters. The van der Waals surface area contributed by atoms with Gasteiger partial charge in [0.2, 0.25) is 0 Å². The van der Waals surface area contributed by atoms with Gasteiger partial charge in [-0.2, -0.15) is 0 Å². The number of halogens is 1. The Labute approximate surface area is 115 Å². The lowest BCUT2D eigenvalue weighted by atomic mass is 10.0. The van der Waals surface area contributed by atoms with E-state index in [1.807, 2.05) is 19.1 Å². The number of rotatable bonds is 3. The van der Waals surface area contributed by atoms with Crippen LogP contribution in [0.4, 0.5) is 4.39 Å². The highest BCUT2D eigenvalue weighted by Gasteiger charge is 2.24. The minimum absolute atomic E-state index is 0.0187. The highest BCUT2D eigenvalue weighted by atomic mass is 19.1. The predicted molar refractivity (Wildman–Crippen MR) is 77.5 cm³/mol. The highest BCUT2D eigenvalue weighted by Crippen LogP contribution is 2.27. The molecule has 0 aromatic heterocycles. The maximum absolute atomic E-state index is 14.1. The van der Waals surface area contributed by atoms with Gasteiger partial charge in [-0.1, -0.05) is 24.6 Å². The van der Waals surface area contributed by atoms with Crippen LogP contribution in [-0.4, -0.2) is 24.5 Å². The zero-order valence-electron chi connectivity index (χ0n) is 12.0. The van der Waals surface area contributed by atoms with Gasteiger partial charge < -0.3 is 5.73 Å². The molecule has 0 aliphatic carbocycles. The van der Waals surface area contributed by atoms with E-state index in [4.69, 9.17) is 5.73 Å². The molecule has 1 aliphatic rings. The quantitative estimate of drug-likeness (QED) is 0.908. The summed E-state index contributed by atoms with van der Waals surface area (Å²) in [5, 5.41) is 0. The third-order valence-corrected chi connectivity index (χ3v) is 4.23. The van der Waals surface area contributed by atoms with Gasteiger partial charge >= 0.3 is 0 Å². The molecule has 0 spiro atoms. The third kappa shape index (κ3) is 3.54. The molecule has 0 saturated carbocycles. The summed E-state index contributed by atoms with van der Waals surface area (Å²) >= 11 is 0. The molecular formula is C16H25FN2. The van der Waals surface area contributed by atoms with Crippen molar-refractivity contribution in [3.63, 3.8) is 0 Å². The molecule has 106 valence electrons. The summed E-state index contributed by atoms with van der Waals surface area (Å²) < 4.78 is 14.1. The molecule has 0 bridgehead atoms. The van der Waals surface area contributed by atoms with Crippen LogP contribution in [0.25, 0.3) is 0 Å². The second kappa shape index (κ2) is 6.49. The maximum Gasteiger partial charge on any atom is 0.128 e. The second-order valence-electron chi connectivity index (χ2n) is 5.85. The van der Waals surface area contributed by atoms with E-state index >= 15 is 0 Å². The van der Waals surface area contributed by atoms with Crippen molar-refractivity contribution in [2.24, 2.45) is 11.7 Å². The standard InChI is InChI=1S/C16H25FN2/c1-12-4-3-8-19(9-7-12)16(11-18)14-10-13(2)5-6-15(14)17/h5-6,10,12,16H,3-4,7-9,11,18H2,1-2H3. The minimum atomic E-state index is -0.127. The van der Waals surface area contributed by atoms with Crippen LogP contribution >= 0.6 is 0 Å². The summed E-state index contributed by atoms with van der Waals surface area (Å²) in [6.45, 7) is 6.83. The van der Waals surface area contributed by atoms with E-state index < -0.39 is 0 Å². The van der Waals surface area contributed by atoms with Crippen molar-refractivity contribution in [3.8, 4) is 0 Å². The number of nitrogens with zero attached hydrogens (tertiary/aromatic N) is 1. The van der Waals surface area contributed by atoms with E-state index in [0.717, 1.165) is 30.1 Å². The first-order chi connectivity index (χ1) is 9.11. The van der Waals surface area contributed by atoms with Crippen LogP contribution in [0.15, 0.2) is 18.2 Å². The Morgan fingerprint density at radius 2 is 2.16 bits per heavy atom. The van der Waals surface area contributed by atoms with Gasteiger partial charge in [0.15, 0.2) is 0 Å². The van der Waals surface area contributed by atoms with Gasteiger partial charge in [-0.15, -0.1) is 0 Å². The number of nitrogens with two attached hydrogens (primary N) is 1. The number of benzene rings is 1. The number of hydrogen-bond donors (Lipinski definition) is 1. The van der Waals surface area contributed by atoms with Crippen molar-refractivity contribution in [2.75, 3.05) is 19.6 Å². The first-order valence-electron chi connectivity index (χ1n) is 7.32. The molecule has 1 saturated heterocycles. The Morgan fingerprint density at radius 1 is 1.37 bits per heavy atom. The van der Waals surface area contributed by atoms with Crippen LogP contribution in [0.2, 0.25) is 0 Å². The van der Waals surface area contributed by atoms with Gasteiger partial charge in [0.05, 0.1) is 0 Å². The summed E-state index contributed by atoms with van der Waals surface area (Å²) in [6, 6.07) is 5.34. The summed E-state index contributed by atoms with van der Waals surface area (Å²) in [4.78, 5) is 2.36. The van der Waals surface area contributed by atoms with Crippen molar-refractivity contribution >= 4 is 0 Å². The molecule has 1 aromatic carbocycles. The fraction of sp³-hybridized carbons (Fsp3) is 0.625. The summed E-state index contributed by atoms with van der Waals surface area (Å²) in [5.41, 5.74) is 7.79. The summed E-state index contributed by atoms with van der Waals surface area (Å²) in [5.74, 6) is 0.643. The van der Waals surface area contributed by atoms with Crippen LogP contribution in [-0.2, 0) is 0 Å². The Kier molecular flexibility index (Phi) is 4.94. The first kappa shape index (κ1) is 14.5. The molecule has 2 N–H and O–H groups in total. The molecular weight excluding hydrogens is 239 g/mol. The normalized spacial score (nSPS) is 23.1. The van der Waals surface area contributed by atoms with Gasteiger partial charge in [-0.3, -0.25) is 4.90 Å². The molecule has 2 atom stereocenters. The fourth-order valence-corrected chi connectivity index (χ4v) is 2.99. The molecule has 1 aliphatic heterocycles. The lowest BCUT2D eigenvalue weighted by Crippen LogP contribution is -2.35. The van der Waals surface area contributed by atoms with Gasteiger partial charge in [-0.25, -0.2) is 4.39 Å². The molecule has 0 amide bonds. The molecule has 19 heavy (non-hydrogen) atoms. The zero-order chi connectivity index (χ0) is 13.8. The van der Waals surface area contributed by atoms with Crippen molar-refractivity contribution < 1.29 is 4.39 Å². The molecule has 1 heterocycles. The van der Waals surface area contributed by atoms with E-state index in [0.29, 0.717) is 6.54 Å². The van der Waals surface area contributed by atoms with E-state index in [1.165, 1.54) is 19.3 Å². The summed E-state index contributed by atoms with van der Waals surface area (Å²) in [7, 11) is 0. The lowest BCUT2D eigenvalue weighted by molar-refractivity contribution is 0.203. The molecule has 1 fully saturated rings. The summed E-state index contributed by atoms with van der Waals surface area (Å²) in [6.07, 6.45) is 3.64. The predicted octanol–water partition coefficient (Wildman–Crippen LogP) is 3.26. The van der Waals surface area contributed by atoms with Crippen molar-refractivity contribution in [3.05, 3.63) is 35.1 Å². The molecule has 1 aromatic rings. The second-order valence-corrected chi connectivity index (χ2v) is 5.85.